The lowest BCUT2D eigenvalue weighted by atomic mass is 10.1. The molecule has 0 aliphatic heterocycles. The predicted octanol–water partition coefficient (Wildman–Crippen LogP) is 12.9. The van der Waals surface area contributed by atoms with Crippen molar-refractivity contribution < 1.29 is 28.6 Å². The van der Waals surface area contributed by atoms with Gasteiger partial charge in [-0.3, -0.25) is 14.4 Å². The topological polar surface area (TPSA) is 78.9 Å². The van der Waals surface area contributed by atoms with E-state index in [4.69, 9.17) is 14.2 Å². The third-order valence-electron chi connectivity index (χ3n) is 8.15. The summed E-state index contributed by atoms with van der Waals surface area (Å²) in [5.41, 5.74) is 0. The minimum atomic E-state index is -0.834. The van der Waals surface area contributed by atoms with Gasteiger partial charge in [-0.2, -0.15) is 0 Å². The molecule has 294 valence electrons. The van der Waals surface area contributed by atoms with Crippen LogP contribution in [0.5, 0.6) is 0 Å². The average Bonchev–Trinajstić information content (AvgIpc) is 3.14. The van der Waals surface area contributed by atoms with Crippen molar-refractivity contribution in [1.82, 2.24) is 0 Å². The Labute approximate surface area is 318 Å². The summed E-state index contributed by atoms with van der Waals surface area (Å²) in [5, 5.41) is 0. The summed E-state index contributed by atoms with van der Waals surface area (Å²) in [6.45, 7) is 6.21. The molecule has 0 spiro atoms. The Hall–Kier alpha value is -3.41. The largest absolute Gasteiger partial charge is 0.462 e. The zero-order valence-electron chi connectivity index (χ0n) is 33.3. The third kappa shape index (κ3) is 37.8. The Morgan fingerprint density at radius 1 is 0.423 bits per heavy atom. The number of hydrogen-bond acceptors (Lipinski definition) is 6. The zero-order chi connectivity index (χ0) is 38.0. The van der Waals surface area contributed by atoms with E-state index in [-0.39, 0.29) is 38.0 Å². The molecule has 0 fully saturated rings. The van der Waals surface area contributed by atoms with Crippen LogP contribution in [0.25, 0.3) is 0 Å². The molecule has 1 unspecified atom stereocenters. The van der Waals surface area contributed by atoms with Gasteiger partial charge in [0.25, 0.3) is 0 Å². The summed E-state index contributed by atoms with van der Waals surface area (Å²) in [5.74, 6) is -1.13. The fourth-order valence-electron chi connectivity index (χ4n) is 5.10. The first-order valence-corrected chi connectivity index (χ1v) is 20.6. The molecule has 0 N–H and O–H groups in total. The fourth-order valence-corrected chi connectivity index (χ4v) is 5.10. The van der Waals surface area contributed by atoms with E-state index in [1.165, 1.54) is 38.5 Å². The Balaban J connectivity index is 4.55. The second-order valence-corrected chi connectivity index (χ2v) is 13.1. The van der Waals surface area contributed by atoms with E-state index in [2.05, 4.69) is 93.7 Å². The second kappa shape index (κ2) is 40.4. The van der Waals surface area contributed by atoms with E-state index in [9.17, 15) is 14.4 Å². The minimum absolute atomic E-state index is 0.123. The molecular formula is C46H74O6. The fraction of sp³-hybridized carbons (Fsp3) is 0.630. The molecule has 0 aliphatic carbocycles. The van der Waals surface area contributed by atoms with Crippen LogP contribution in [0.15, 0.2) is 85.1 Å². The molecule has 0 bridgehead atoms. The molecule has 6 heteroatoms. The summed E-state index contributed by atoms with van der Waals surface area (Å²) in [6, 6.07) is 0. The van der Waals surface area contributed by atoms with Gasteiger partial charge in [0.15, 0.2) is 6.10 Å². The van der Waals surface area contributed by atoms with Crippen molar-refractivity contribution in [2.45, 2.75) is 175 Å². The Kier molecular flexibility index (Phi) is 37.7. The summed E-state index contributed by atoms with van der Waals surface area (Å²) in [4.78, 5) is 37.4. The van der Waals surface area contributed by atoms with E-state index in [1.54, 1.807) is 6.08 Å². The minimum Gasteiger partial charge on any atom is -0.462 e. The summed E-state index contributed by atoms with van der Waals surface area (Å²) >= 11 is 0. The first-order chi connectivity index (χ1) is 25.5. The van der Waals surface area contributed by atoms with Crippen molar-refractivity contribution >= 4 is 17.9 Å². The van der Waals surface area contributed by atoms with E-state index >= 15 is 0 Å². The molecule has 0 aromatic carbocycles. The smallest absolute Gasteiger partial charge is 0.309 e. The van der Waals surface area contributed by atoms with E-state index in [1.807, 2.05) is 6.08 Å². The van der Waals surface area contributed by atoms with Crippen LogP contribution in [0.1, 0.15) is 168 Å². The van der Waals surface area contributed by atoms with Crippen molar-refractivity contribution in [2.75, 3.05) is 13.2 Å². The van der Waals surface area contributed by atoms with Gasteiger partial charge >= 0.3 is 17.9 Å². The molecule has 0 saturated carbocycles. The van der Waals surface area contributed by atoms with Gasteiger partial charge in [0, 0.05) is 12.8 Å². The highest BCUT2D eigenvalue weighted by Gasteiger charge is 2.19. The van der Waals surface area contributed by atoms with E-state index in [0.29, 0.717) is 12.8 Å². The molecule has 0 amide bonds. The van der Waals surface area contributed by atoms with Crippen LogP contribution in [-0.2, 0) is 28.6 Å². The zero-order valence-corrected chi connectivity index (χ0v) is 33.3. The van der Waals surface area contributed by atoms with Gasteiger partial charge < -0.3 is 14.2 Å². The number of unbranched alkanes of at least 4 members (excludes halogenated alkanes) is 11. The molecule has 6 nitrogen and oxygen atoms in total. The molecule has 0 aromatic heterocycles. The van der Waals surface area contributed by atoms with Crippen molar-refractivity contribution in [3.8, 4) is 0 Å². The van der Waals surface area contributed by atoms with E-state index < -0.39 is 12.1 Å². The van der Waals surface area contributed by atoms with Crippen LogP contribution >= 0.6 is 0 Å². The van der Waals surface area contributed by atoms with Crippen LogP contribution in [0.4, 0.5) is 0 Å². The van der Waals surface area contributed by atoms with Gasteiger partial charge in [0.05, 0.1) is 6.42 Å². The van der Waals surface area contributed by atoms with Crippen LogP contribution in [0, 0.1) is 0 Å². The lowest BCUT2D eigenvalue weighted by Gasteiger charge is -2.18. The van der Waals surface area contributed by atoms with Crippen molar-refractivity contribution in [2.24, 2.45) is 0 Å². The van der Waals surface area contributed by atoms with Gasteiger partial charge in [-0.1, -0.05) is 144 Å². The number of allylic oxidation sites excluding steroid dienone is 13. The first kappa shape index (κ1) is 48.6. The highest BCUT2D eigenvalue weighted by Crippen LogP contribution is 2.10. The molecule has 0 saturated heterocycles. The number of hydrogen-bond donors (Lipinski definition) is 0. The maximum absolute atomic E-state index is 12.6. The lowest BCUT2D eigenvalue weighted by Crippen LogP contribution is -2.30. The number of carbonyl (C=O) groups excluding carboxylic acids is 3. The number of ether oxygens (including phenoxy) is 3. The maximum atomic E-state index is 12.6. The third-order valence-corrected chi connectivity index (χ3v) is 8.15. The quantitative estimate of drug-likeness (QED) is 0.0280. The highest BCUT2D eigenvalue weighted by atomic mass is 16.6. The normalized spacial score (nSPS) is 12.9. The van der Waals surface area contributed by atoms with Gasteiger partial charge in [-0.15, -0.1) is 0 Å². The molecule has 0 radical (unpaired) electrons. The van der Waals surface area contributed by atoms with Crippen molar-refractivity contribution in [3.05, 3.63) is 85.1 Å². The van der Waals surface area contributed by atoms with Gasteiger partial charge in [0.2, 0.25) is 0 Å². The van der Waals surface area contributed by atoms with Crippen LogP contribution in [-0.4, -0.2) is 37.2 Å². The number of esters is 3. The van der Waals surface area contributed by atoms with Gasteiger partial charge in [-0.25, -0.2) is 0 Å². The molecular weight excluding hydrogens is 648 g/mol. The average molecular weight is 723 g/mol. The molecule has 0 rings (SSSR count). The molecule has 0 aromatic rings. The Morgan fingerprint density at radius 3 is 1.40 bits per heavy atom. The lowest BCUT2D eigenvalue weighted by molar-refractivity contribution is -0.166. The Bertz CT molecular complexity index is 1060. The van der Waals surface area contributed by atoms with Gasteiger partial charge in [0.1, 0.15) is 13.2 Å². The van der Waals surface area contributed by atoms with Crippen LogP contribution in [0.3, 0.4) is 0 Å². The molecule has 52 heavy (non-hydrogen) atoms. The predicted molar refractivity (Wildman–Crippen MR) is 219 cm³/mol. The second-order valence-electron chi connectivity index (χ2n) is 13.1. The monoisotopic (exact) mass is 723 g/mol. The highest BCUT2D eigenvalue weighted by molar-refractivity contribution is 5.72. The SMILES string of the molecule is CC/C=C\C/C=C\C/C=C\CCCCC(=O)OC(COC(=O)C/C=C\C/C=C\C/C=C\CC)COC(=O)CCCCC/C=C\CCCCCCCC. The first-order valence-electron chi connectivity index (χ1n) is 20.6. The van der Waals surface area contributed by atoms with Gasteiger partial charge in [-0.05, 0) is 89.9 Å². The summed E-state index contributed by atoms with van der Waals surface area (Å²) in [7, 11) is 0. The molecule has 1 atom stereocenters. The number of rotatable bonds is 35. The Morgan fingerprint density at radius 2 is 0.827 bits per heavy atom. The van der Waals surface area contributed by atoms with Crippen molar-refractivity contribution in [3.63, 3.8) is 0 Å². The van der Waals surface area contributed by atoms with Crippen molar-refractivity contribution in [1.29, 1.82) is 0 Å². The van der Waals surface area contributed by atoms with Crippen LogP contribution in [0.2, 0.25) is 0 Å². The molecule has 0 heterocycles. The summed E-state index contributed by atoms with van der Waals surface area (Å²) < 4.78 is 16.5. The maximum Gasteiger partial charge on any atom is 0.309 e. The van der Waals surface area contributed by atoms with Crippen LogP contribution < -0.4 is 0 Å². The number of carbonyl (C=O) groups is 3. The summed E-state index contributed by atoms with van der Waals surface area (Å²) in [6.07, 6.45) is 50.4. The van der Waals surface area contributed by atoms with E-state index in [0.717, 1.165) is 83.5 Å². The standard InChI is InChI=1S/C46H74O6/c1-4-7-10-13-16-19-21-23-25-27-30-33-36-39-45(48)51-42-43(41-50-44(47)38-35-32-29-26-18-15-12-9-6-3)52-46(49)40-37-34-31-28-24-22-20-17-14-11-8-5-2/h8-9,11-12,17-18,20,23-26,28,32,35,43H,4-7,10,13-16,19,21-22,27,29-31,33-34,36-42H2,1-3H3/b11-8-,12-9-,20-17-,25-23-,26-18-,28-24-,35-32-. The molecule has 0 aliphatic rings.